The lowest BCUT2D eigenvalue weighted by atomic mass is 10.2. The molecule has 0 unspecified atom stereocenters. The molecular weight excluding hydrogens is 186 g/mol. The third kappa shape index (κ3) is 3.88. The summed E-state index contributed by atoms with van der Waals surface area (Å²) in [5, 5.41) is 8.50. The number of hydrogen-bond donors (Lipinski definition) is 1. The van der Waals surface area contributed by atoms with Crippen LogP contribution in [0.2, 0.25) is 0 Å². The van der Waals surface area contributed by atoms with E-state index in [2.05, 4.69) is 11.8 Å². The molecule has 2 nitrogen and oxygen atoms in total. The smallest absolute Gasteiger partial charge is 0.0621 e. The molecule has 15 heavy (non-hydrogen) atoms. The highest BCUT2D eigenvalue weighted by Gasteiger charge is 1.92. The largest absolute Gasteiger partial charge is 0.392 e. The summed E-state index contributed by atoms with van der Waals surface area (Å²) in [4.78, 5) is 2.04. The van der Waals surface area contributed by atoms with Crippen LogP contribution in [0.1, 0.15) is 5.56 Å². The Morgan fingerprint density at radius 3 is 2.47 bits per heavy atom. The van der Waals surface area contributed by atoms with Gasteiger partial charge in [0.05, 0.1) is 6.61 Å². The van der Waals surface area contributed by atoms with E-state index in [1.165, 1.54) is 0 Å². The second-order valence-corrected chi connectivity index (χ2v) is 3.30. The SMILES string of the molecule is CN(C)c1ccc(C#C/C=C/CO)cc1. The molecule has 2 heteroatoms. The molecule has 0 aromatic heterocycles. The summed E-state index contributed by atoms with van der Waals surface area (Å²) in [6.07, 6.45) is 3.26. The predicted molar refractivity (Wildman–Crippen MR) is 63.9 cm³/mol. The van der Waals surface area contributed by atoms with Gasteiger partial charge >= 0.3 is 0 Å². The van der Waals surface area contributed by atoms with Crippen LogP contribution in [-0.4, -0.2) is 25.8 Å². The fourth-order valence-electron chi connectivity index (χ4n) is 1.08. The third-order valence-corrected chi connectivity index (χ3v) is 1.91. The van der Waals surface area contributed by atoms with Crippen molar-refractivity contribution >= 4 is 5.69 Å². The summed E-state index contributed by atoms with van der Waals surface area (Å²) < 4.78 is 0. The lowest BCUT2D eigenvalue weighted by Gasteiger charge is -2.11. The van der Waals surface area contributed by atoms with Gasteiger partial charge < -0.3 is 10.0 Å². The molecule has 0 saturated carbocycles. The second-order valence-electron chi connectivity index (χ2n) is 3.30. The van der Waals surface area contributed by atoms with Gasteiger partial charge in [0.2, 0.25) is 0 Å². The van der Waals surface area contributed by atoms with Crippen LogP contribution < -0.4 is 4.90 Å². The molecule has 0 fully saturated rings. The van der Waals surface area contributed by atoms with Gasteiger partial charge in [-0.25, -0.2) is 0 Å². The van der Waals surface area contributed by atoms with E-state index in [1.807, 2.05) is 43.3 Å². The molecule has 0 radical (unpaired) electrons. The monoisotopic (exact) mass is 201 g/mol. The van der Waals surface area contributed by atoms with E-state index in [1.54, 1.807) is 12.2 Å². The normalized spacial score (nSPS) is 9.80. The number of benzene rings is 1. The average molecular weight is 201 g/mol. The van der Waals surface area contributed by atoms with Crippen molar-refractivity contribution in [3.63, 3.8) is 0 Å². The highest BCUT2D eigenvalue weighted by Crippen LogP contribution is 2.11. The van der Waals surface area contributed by atoms with E-state index in [0.717, 1.165) is 11.3 Å². The van der Waals surface area contributed by atoms with Gasteiger partial charge in [-0.15, -0.1) is 0 Å². The predicted octanol–water partition coefficient (Wildman–Crippen LogP) is 1.65. The van der Waals surface area contributed by atoms with Crippen molar-refractivity contribution in [2.75, 3.05) is 25.6 Å². The highest BCUT2D eigenvalue weighted by atomic mass is 16.2. The van der Waals surface area contributed by atoms with Crippen LogP contribution in [0, 0.1) is 11.8 Å². The Kier molecular flexibility index (Phi) is 4.46. The van der Waals surface area contributed by atoms with Gasteiger partial charge in [0, 0.05) is 25.3 Å². The van der Waals surface area contributed by atoms with E-state index in [4.69, 9.17) is 5.11 Å². The van der Waals surface area contributed by atoms with Gasteiger partial charge in [0.1, 0.15) is 0 Å². The maximum atomic E-state index is 8.50. The van der Waals surface area contributed by atoms with Crippen LogP contribution in [0.25, 0.3) is 0 Å². The number of aliphatic hydroxyl groups is 1. The molecule has 1 aromatic carbocycles. The molecular formula is C13H15NO. The molecule has 0 amide bonds. The van der Waals surface area contributed by atoms with E-state index in [0.29, 0.717) is 0 Å². The quantitative estimate of drug-likeness (QED) is 0.735. The van der Waals surface area contributed by atoms with Gasteiger partial charge in [-0.2, -0.15) is 0 Å². The number of rotatable bonds is 2. The molecule has 0 heterocycles. The molecule has 1 aromatic rings. The Morgan fingerprint density at radius 2 is 1.93 bits per heavy atom. The Balaban J connectivity index is 2.71. The van der Waals surface area contributed by atoms with Crippen LogP contribution in [0.5, 0.6) is 0 Å². The zero-order valence-corrected chi connectivity index (χ0v) is 9.07. The Morgan fingerprint density at radius 1 is 1.27 bits per heavy atom. The lowest BCUT2D eigenvalue weighted by Crippen LogP contribution is -2.07. The van der Waals surface area contributed by atoms with E-state index < -0.39 is 0 Å². The molecule has 0 aliphatic rings. The number of anilines is 1. The highest BCUT2D eigenvalue weighted by molar-refractivity contribution is 5.49. The fourth-order valence-corrected chi connectivity index (χ4v) is 1.08. The Bertz CT molecular complexity index is 379. The van der Waals surface area contributed by atoms with Gasteiger partial charge in [-0.05, 0) is 30.3 Å². The van der Waals surface area contributed by atoms with Crippen LogP contribution in [-0.2, 0) is 0 Å². The number of aliphatic hydroxyl groups excluding tert-OH is 1. The molecule has 0 saturated heterocycles. The van der Waals surface area contributed by atoms with Crippen molar-refractivity contribution < 1.29 is 5.11 Å². The Labute approximate surface area is 90.8 Å². The van der Waals surface area contributed by atoms with Crippen LogP contribution >= 0.6 is 0 Å². The van der Waals surface area contributed by atoms with E-state index >= 15 is 0 Å². The fraction of sp³-hybridized carbons (Fsp3) is 0.231. The molecule has 0 spiro atoms. The van der Waals surface area contributed by atoms with Crippen molar-refractivity contribution in [1.29, 1.82) is 0 Å². The minimum absolute atomic E-state index is 0.0360. The second kappa shape index (κ2) is 5.90. The van der Waals surface area contributed by atoms with Crippen LogP contribution in [0.4, 0.5) is 5.69 Å². The van der Waals surface area contributed by atoms with Crippen LogP contribution in [0.3, 0.4) is 0 Å². The van der Waals surface area contributed by atoms with Crippen LogP contribution in [0.15, 0.2) is 36.4 Å². The molecule has 0 aliphatic heterocycles. The standard InChI is InChI=1S/C13H15NO/c1-14(2)13-9-7-12(8-10-13)6-4-3-5-11-15/h3,5,7-10,15H,11H2,1-2H3/b5-3+. The summed E-state index contributed by atoms with van der Waals surface area (Å²) in [6.45, 7) is 0.0360. The maximum Gasteiger partial charge on any atom is 0.0621 e. The molecule has 78 valence electrons. The van der Waals surface area contributed by atoms with Gasteiger partial charge in [-0.3, -0.25) is 0 Å². The summed E-state index contributed by atoms with van der Waals surface area (Å²) in [7, 11) is 4.01. The zero-order chi connectivity index (χ0) is 11.1. The topological polar surface area (TPSA) is 23.5 Å². The lowest BCUT2D eigenvalue weighted by molar-refractivity contribution is 0.343. The number of allylic oxidation sites excluding steroid dienone is 1. The summed E-state index contributed by atoms with van der Waals surface area (Å²) in [5.74, 6) is 5.83. The third-order valence-electron chi connectivity index (χ3n) is 1.91. The molecule has 0 atom stereocenters. The van der Waals surface area contributed by atoms with Crippen molar-refractivity contribution in [3.05, 3.63) is 42.0 Å². The van der Waals surface area contributed by atoms with Gasteiger partial charge in [-0.1, -0.05) is 17.9 Å². The van der Waals surface area contributed by atoms with E-state index in [9.17, 15) is 0 Å². The first kappa shape index (κ1) is 11.4. The average Bonchev–Trinajstić information content (AvgIpc) is 2.25. The first-order valence-corrected chi connectivity index (χ1v) is 4.79. The molecule has 1 rings (SSSR count). The van der Waals surface area contributed by atoms with Crippen molar-refractivity contribution in [2.45, 2.75) is 0 Å². The summed E-state index contributed by atoms with van der Waals surface area (Å²) >= 11 is 0. The first-order valence-electron chi connectivity index (χ1n) is 4.79. The Hall–Kier alpha value is -1.72. The van der Waals surface area contributed by atoms with Crippen molar-refractivity contribution in [3.8, 4) is 11.8 Å². The number of hydrogen-bond acceptors (Lipinski definition) is 2. The van der Waals surface area contributed by atoms with Crippen molar-refractivity contribution in [1.82, 2.24) is 0 Å². The zero-order valence-electron chi connectivity index (χ0n) is 9.07. The minimum atomic E-state index is 0.0360. The summed E-state index contributed by atoms with van der Waals surface area (Å²) in [6, 6.07) is 8.02. The number of nitrogens with zero attached hydrogens (tertiary/aromatic N) is 1. The van der Waals surface area contributed by atoms with E-state index in [-0.39, 0.29) is 6.61 Å². The first-order chi connectivity index (χ1) is 7.24. The van der Waals surface area contributed by atoms with Gasteiger partial charge in [0.15, 0.2) is 0 Å². The van der Waals surface area contributed by atoms with Crippen molar-refractivity contribution in [2.24, 2.45) is 0 Å². The molecule has 0 aliphatic carbocycles. The van der Waals surface area contributed by atoms with Gasteiger partial charge in [0.25, 0.3) is 0 Å². The minimum Gasteiger partial charge on any atom is -0.392 e. The maximum absolute atomic E-state index is 8.50. The summed E-state index contributed by atoms with van der Waals surface area (Å²) in [5.41, 5.74) is 2.13. The molecule has 1 N–H and O–H groups in total. The molecule has 0 bridgehead atoms.